The van der Waals surface area contributed by atoms with Gasteiger partial charge < -0.3 is 0 Å². The highest BCUT2D eigenvalue weighted by Gasteiger charge is 2.26. The summed E-state index contributed by atoms with van der Waals surface area (Å²) >= 11 is 0. The molecule has 5 nitrogen and oxygen atoms in total. The molecule has 0 spiro atoms. The van der Waals surface area contributed by atoms with Crippen molar-refractivity contribution in [1.82, 2.24) is 0 Å². The minimum atomic E-state index is -4.49. The Labute approximate surface area is 86.8 Å². The Hall–Kier alpha value is -1.28. The molecule has 0 aliphatic carbocycles. The largest absolute Gasteiger partial charge is 0.292 e. The zero-order valence-corrected chi connectivity index (χ0v) is 8.35. The SMILES string of the molecule is O=[N+]([O-])c1cc(F)c(F)cc1S(=O)(=O)Cl. The Kier molecular flexibility index (Phi) is 2.91. The van der Waals surface area contributed by atoms with E-state index in [0.29, 0.717) is 0 Å². The number of nitro groups is 1. The topological polar surface area (TPSA) is 77.3 Å². The van der Waals surface area contributed by atoms with Gasteiger partial charge in [0.15, 0.2) is 16.5 Å². The van der Waals surface area contributed by atoms with Crippen LogP contribution in [0, 0.1) is 21.7 Å². The lowest BCUT2D eigenvalue weighted by atomic mass is 10.3. The van der Waals surface area contributed by atoms with Gasteiger partial charge >= 0.3 is 0 Å². The minimum Gasteiger partial charge on any atom is -0.258 e. The van der Waals surface area contributed by atoms with Crippen molar-refractivity contribution in [3.8, 4) is 0 Å². The van der Waals surface area contributed by atoms with Gasteiger partial charge in [-0.3, -0.25) is 10.1 Å². The molecule has 0 heterocycles. The second kappa shape index (κ2) is 3.70. The lowest BCUT2D eigenvalue weighted by molar-refractivity contribution is -0.388. The molecule has 82 valence electrons. The molecule has 0 aromatic heterocycles. The molecule has 0 saturated carbocycles. The highest BCUT2D eigenvalue weighted by Crippen LogP contribution is 2.28. The summed E-state index contributed by atoms with van der Waals surface area (Å²) in [6.07, 6.45) is 0. The summed E-state index contributed by atoms with van der Waals surface area (Å²) in [6, 6.07) is 0.320. The molecule has 0 fully saturated rings. The van der Waals surface area contributed by atoms with Gasteiger partial charge in [-0.15, -0.1) is 0 Å². The van der Waals surface area contributed by atoms with Crippen LogP contribution in [0.15, 0.2) is 17.0 Å². The molecule has 0 unspecified atom stereocenters. The predicted octanol–water partition coefficient (Wildman–Crippen LogP) is 1.80. The summed E-state index contributed by atoms with van der Waals surface area (Å²) in [5, 5.41) is 10.3. The van der Waals surface area contributed by atoms with E-state index >= 15 is 0 Å². The molecule has 0 saturated heterocycles. The van der Waals surface area contributed by atoms with Crippen molar-refractivity contribution < 1.29 is 22.1 Å². The Morgan fingerprint density at radius 1 is 1.27 bits per heavy atom. The fourth-order valence-electron chi connectivity index (χ4n) is 0.856. The Bertz CT molecular complexity index is 530. The average Bonchev–Trinajstić information content (AvgIpc) is 2.06. The van der Waals surface area contributed by atoms with Crippen LogP contribution in [-0.2, 0) is 9.05 Å². The van der Waals surface area contributed by atoms with E-state index in [1.165, 1.54) is 0 Å². The molecule has 0 bridgehead atoms. The number of nitro benzene ring substituents is 1. The first-order valence-corrected chi connectivity index (χ1v) is 5.62. The normalized spacial score (nSPS) is 11.4. The molecule has 0 aliphatic rings. The third-order valence-corrected chi connectivity index (χ3v) is 2.81. The second-order valence-electron chi connectivity index (χ2n) is 2.43. The molecule has 1 aromatic rings. The van der Waals surface area contributed by atoms with E-state index in [9.17, 15) is 27.3 Å². The predicted molar refractivity (Wildman–Crippen MR) is 46.1 cm³/mol. The molecule has 9 heteroatoms. The highest BCUT2D eigenvalue weighted by molar-refractivity contribution is 8.13. The van der Waals surface area contributed by atoms with Gasteiger partial charge in [-0.2, -0.15) is 0 Å². The lowest BCUT2D eigenvalue weighted by Gasteiger charge is -1.99. The number of benzene rings is 1. The van der Waals surface area contributed by atoms with Crippen LogP contribution in [0.5, 0.6) is 0 Å². The van der Waals surface area contributed by atoms with Crippen LogP contribution >= 0.6 is 10.7 Å². The maximum Gasteiger partial charge on any atom is 0.292 e. The summed E-state index contributed by atoms with van der Waals surface area (Å²) in [4.78, 5) is 8.08. The summed E-state index contributed by atoms with van der Waals surface area (Å²) in [7, 11) is 0.317. The van der Waals surface area contributed by atoms with Crippen molar-refractivity contribution in [1.29, 1.82) is 0 Å². The summed E-state index contributed by atoms with van der Waals surface area (Å²) in [5.74, 6) is -3.05. The van der Waals surface area contributed by atoms with Crippen molar-refractivity contribution in [3.05, 3.63) is 33.9 Å². The van der Waals surface area contributed by atoms with Gasteiger partial charge in [0.25, 0.3) is 14.7 Å². The van der Waals surface area contributed by atoms with Crippen molar-refractivity contribution in [2.24, 2.45) is 0 Å². The van der Waals surface area contributed by atoms with E-state index in [0.717, 1.165) is 0 Å². The van der Waals surface area contributed by atoms with Gasteiger partial charge in [-0.05, 0) is 0 Å². The van der Waals surface area contributed by atoms with Crippen LogP contribution in [0.25, 0.3) is 0 Å². The van der Waals surface area contributed by atoms with Crippen LogP contribution in [0.4, 0.5) is 14.5 Å². The number of nitrogens with zero attached hydrogens (tertiary/aromatic N) is 1. The third-order valence-electron chi connectivity index (χ3n) is 1.46. The van der Waals surface area contributed by atoms with Crippen LogP contribution < -0.4 is 0 Å². The van der Waals surface area contributed by atoms with Crippen molar-refractivity contribution >= 4 is 25.4 Å². The Morgan fingerprint density at radius 2 is 1.73 bits per heavy atom. The first kappa shape index (κ1) is 11.8. The molecule has 0 atom stereocenters. The van der Waals surface area contributed by atoms with Crippen molar-refractivity contribution in [3.63, 3.8) is 0 Å². The summed E-state index contributed by atoms with van der Waals surface area (Å²) in [5.41, 5.74) is -1.11. The number of rotatable bonds is 2. The highest BCUT2D eigenvalue weighted by atomic mass is 35.7. The molecule has 15 heavy (non-hydrogen) atoms. The van der Waals surface area contributed by atoms with E-state index in [2.05, 4.69) is 0 Å². The fourth-order valence-corrected chi connectivity index (χ4v) is 1.85. The van der Waals surface area contributed by atoms with Gasteiger partial charge in [0.2, 0.25) is 0 Å². The van der Waals surface area contributed by atoms with Gasteiger partial charge in [0.05, 0.1) is 11.0 Å². The van der Waals surface area contributed by atoms with E-state index in [-0.39, 0.29) is 12.1 Å². The summed E-state index contributed by atoms with van der Waals surface area (Å²) < 4.78 is 46.8. The van der Waals surface area contributed by atoms with Crippen LogP contribution in [0.1, 0.15) is 0 Å². The molecule has 1 rings (SSSR count). The maximum atomic E-state index is 12.6. The number of hydrogen-bond acceptors (Lipinski definition) is 4. The first-order chi connectivity index (χ1) is 6.73. The monoisotopic (exact) mass is 257 g/mol. The molecular formula is C6H2ClF2NO4S. The van der Waals surface area contributed by atoms with Crippen LogP contribution in [0.2, 0.25) is 0 Å². The maximum absolute atomic E-state index is 12.6. The number of hydrogen-bond donors (Lipinski definition) is 0. The first-order valence-electron chi connectivity index (χ1n) is 3.31. The van der Waals surface area contributed by atoms with Crippen molar-refractivity contribution in [2.75, 3.05) is 0 Å². The molecular weight excluding hydrogens is 256 g/mol. The van der Waals surface area contributed by atoms with E-state index in [1.807, 2.05) is 0 Å². The Balaban J connectivity index is 3.64. The average molecular weight is 258 g/mol. The van der Waals surface area contributed by atoms with Crippen LogP contribution in [-0.4, -0.2) is 13.3 Å². The molecule has 0 N–H and O–H groups in total. The zero-order valence-electron chi connectivity index (χ0n) is 6.78. The second-order valence-corrected chi connectivity index (χ2v) is 4.96. The fraction of sp³-hybridized carbons (Fsp3) is 0. The molecule has 0 radical (unpaired) electrons. The van der Waals surface area contributed by atoms with Gasteiger partial charge in [-0.25, -0.2) is 17.2 Å². The van der Waals surface area contributed by atoms with Gasteiger partial charge in [0.1, 0.15) is 0 Å². The van der Waals surface area contributed by atoms with E-state index in [1.54, 1.807) is 0 Å². The zero-order chi connectivity index (χ0) is 11.8. The van der Waals surface area contributed by atoms with Gasteiger partial charge in [0, 0.05) is 16.7 Å². The molecule has 0 amide bonds. The smallest absolute Gasteiger partial charge is 0.258 e. The summed E-state index contributed by atoms with van der Waals surface area (Å²) in [6.45, 7) is 0. The standard InChI is InChI=1S/C6H2ClF2NO4S/c7-15(13,14)6-2-4(9)3(8)1-5(6)10(11)12/h1-2H. The molecule has 1 aromatic carbocycles. The lowest BCUT2D eigenvalue weighted by Crippen LogP contribution is -2.01. The van der Waals surface area contributed by atoms with Crippen molar-refractivity contribution in [2.45, 2.75) is 4.90 Å². The number of halogens is 3. The Morgan fingerprint density at radius 3 is 2.13 bits per heavy atom. The quantitative estimate of drug-likeness (QED) is 0.460. The van der Waals surface area contributed by atoms with Gasteiger partial charge in [-0.1, -0.05) is 0 Å². The van der Waals surface area contributed by atoms with E-state index in [4.69, 9.17) is 10.7 Å². The van der Waals surface area contributed by atoms with Crippen LogP contribution in [0.3, 0.4) is 0 Å². The van der Waals surface area contributed by atoms with E-state index < -0.39 is 36.2 Å². The minimum absolute atomic E-state index is 0.157. The molecule has 0 aliphatic heterocycles. The third kappa shape index (κ3) is 2.39.